The zero-order valence-corrected chi connectivity index (χ0v) is 11.5. The average Bonchev–Trinajstić information content (AvgIpc) is 2.35. The van der Waals surface area contributed by atoms with Crippen molar-refractivity contribution in [2.45, 2.75) is 12.8 Å². The van der Waals surface area contributed by atoms with Gasteiger partial charge >= 0.3 is 12.0 Å². The van der Waals surface area contributed by atoms with Gasteiger partial charge in [-0.25, -0.2) is 4.79 Å². The van der Waals surface area contributed by atoms with E-state index in [2.05, 4.69) is 26.6 Å². The summed E-state index contributed by atoms with van der Waals surface area (Å²) in [5.74, 6) is -0.902. The van der Waals surface area contributed by atoms with E-state index < -0.39 is 12.0 Å². The number of carbonyl (C=O) groups excluding carboxylic acids is 1. The van der Waals surface area contributed by atoms with Crippen LogP contribution in [0.4, 0.5) is 10.5 Å². The summed E-state index contributed by atoms with van der Waals surface area (Å²) >= 11 is 3.25. The van der Waals surface area contributed by atoms with Gasteiger partial charge in [0.1, 0.15) is 6.07 Å². The molecule has 2 amide bonds. The van der Waals surface area contributed by atoms with Crippen molar-refractivity contribution >= 4 is 33.6 Å². The van der Waals surface area contributed by atoms with Crippen molar-refractivity contribution < 1.29 is 14.7 Å². The van der Waals surface area contributed by atoms with Crippen molar-refractivity contribution in [3.8, 4) is 6.07 Å². The van der Waals surface area contributed by atoms with E-state index in [0.29, 0.717) is 17.7 Å². The Morgan fingerprint density at radius 1 is 1.42 bits per heavy atom. The molecule has 0 aliphatic carbocycles. The van der Waals surface area contributed by atoms with E-state index in [4.69, 9.17) is 10.4 Å². The Bertz CT molecular complexity index is 525. The van der Waals surface area contributed by atoms with Crippen LogP contribution in [0.2, 0.25) is 0 Å². The Morgan fingerprint density at radius 2 is 2.16 bits per heavy atom. The normalized spacial score (nSPS) is 9.47. The van der Waals surface area contributed by atoms with E-state index >= 15 is 0 Å². The van der Waals surface area contributed by atoms with Crippen LogP contribution in [0.25, 0.3) is 0 Å². The van der Waals surface area contributed by atoms with Gasteiger partial charge in [-0.05, 0) is 24.6 Å². The summed E-state index contributed by atoms with van der Waals surface area (Å²) < 4.78 is 0.743. The summed E-state index contributed by atoms with van der Waals surface area (Å²) in [6, 6.07) is 6.41. The third-order valence-electron chi connectivity index (χ3n) is 2.20. The van der Waals surface area contributed by atoms with Gasteiger partial charge in [0.15, 0.2) is 0 Å². The largest absolute Gasteiger partial charge is 0.481 e. The van der Waals surface area contributed by atoms with Gasteiger partial charge in [-0.3, -0.25) is 4.79 Å². The third-order valence-corrected chi connectivity index (χ3v) is 2.70. The fraction of sp³-hybridized carbons (Fsp3) is 0.250. The number of benzene rings is 1. The highest BCUT2D eigenvalue weighted by molar-refractivity contribution is 9.10. The first-order valence-corrected chi connectivity index (χ1v) is 6.28. The van der Waals surface area contributed by atoms with Gasteiger partial charge in [0.2, 0.25) is 0 Å². The topological polar surface area (TPSA) is 102 Å². The Kier molecular flexibility index (Phi) is 5.82. The maximum absolute atomic E-state index is 11.5. The van der Waals surface area contributed by atoms with Gasteiger partial charge in [0, 0.05) is 17.4 Å². The number of anilines is 1. The zero-order valence-electron chi connectivity index (χ0n) is 9.94. The van der Waals surface area contributed by atoms with Gasteiger partial charge in [-0.1, -0.05) is 15.9 Å². The number of carboxylic acids is 1. The quantitative estimate of drug-likeness (QED) is 0.723. The average molecular weight is 326 g/mol. The Hall–Kier alpha value is -2.07. The lowest BCUT2D eigenvalue weighted by Gasteiger charge is -2.08. The van der Waals surface area contributed by atoms with Crippen molar-refractivity contribution in [1.82, 2.24) is 5.32 Å². The second-order valence-corrected chi connectivity index (χ2v) is 4.60. The number of hydrogen-bond donors (Lipinski definition) is 3. The number of carboxylic acid groups (broad SMARTS) is 1. The number of carbonyl (C=O) groups is 2. The summed E-state index contributed by atoms with van der Waals surface area (Å²) in [7, 11) is 0. The van der Waals surface area contributed by atoms with Crippen molar-refractivity contribution in [2.75, 3.05) is 11.9 Å². The lowest BCUT2D eigenvalue weighted by molar-refractivity contribution is -0.137. The molecule has 0 saturated carbocycles. The number of nitrogens with one attached hydrogen (secondary N) is 2. The third kappa shape index (κ3) is 5.40. The molecule has 1 aromatic rings. The lowest BCUT2D eigenvalue weighted by atomic mass is 10.2. The van der Waals surface area contributed by atoms with Crippen LogP contribution in [0.5, 0.6) is 0 Å². The van der Waals surface area contributed by atoms with E-state index in [1.807, 2.05) is 6.07 Å². The zero-order chi connectivity index (χ0) is 14.3. The number of nitrogens with zero attached hydrogens (tertiary/aromatic N) is 1. The Morgan fingerprint density at radius 3 is 2.79 bits per heavy atom. The van der Waals surface area contributed by atoms with Crippen LogP contribution in [0, 0.1) is 11.3 Å². The van der Waals surface area contributed by atoms with E-state index in [1.165, 1.54) is 0 Å². The van der Waals surface area contributed by atoms with Crippen LogP contribution in [0.3, 0.4) is 0 Å². The summed E-state index contributed by atoms with van der Waals surface area (Å²) in [6.07, 6.45) is 0.354. The molecule has 0 atom stereocenters. The molecule has 0 fully saturated rings. The van der Waals surface area contributed by atoms with Crippen LogP contribution in [-0.2, 0) is 4.79 Å². The highest BCUT2D eigenvalue weighted by atomic mass is 79.9. The van der Waals surface area contributed by atoms with Crippen molar-refractivity contribution in [3.05, 3.63) is 28.2 Å². The molecule has 19 heavy (non-hydrogen) atoms. The number of amides is 2. The van der Waals surface area contributed by atoms with Crippen molar-refractivity contribution in [2.24, 2.45) is 0 Å². The monoisotopic (exact) mass is 325 g/mol. The second kappa shape index (κ2) is 7.38. The summed E-state index contributed by atoms with van der Waals surface area (Å²) in [5, 5.41) is 22.4. The predicted molar refractivity (Wildman–Crippen MR) is 72.7 cm³/mol. The maximum atomic E-state index is 11.5. The van der Waals surface area contributed by atoms with Gasteiger partial charge in [-0.15, -0.1) is 0 Å². The molecule has 0 saturated heterocycles. The Labute approximate surface area is 118 Å². The Balaban J connectivity index is 2.51. The summed E-state index contributed by atoms with van der Waals surface area (Å²) in [6.45, 7) is 0.258. The minimum atomic E-state index is -0.902. The molecule has 3 N–H and O–H groups in total. The fourth-order valence-corrected chi connectivity index (χ4v) is 1.69. The van der Waals surface area contributed by atoms with Crippen LogP contribution >= 0.6 is 15.9 Å². The smallest absolute Gasteiger partial charge is 0.319 e. The molecule has 0 spiro atoms. The number of aliphatic carboxylic acids is 1. The van der Waals surface area contributed by atoms with Gasteiger partial charge < -0.3 is 15.7 Å². The van der Waals surface area contributed by atoms with Crippen molar-refractivity contribution in [3.63, 3.8) is 0 Å². The minimum Gasteiger partial charge on any atom is -0.481 e. The maximum Gasteiger partial charge on any atom is 0.319 e. The first kappa shape index (κ1) is 15.0. The predicted octanol–water partition coefficient (Wildman–Crippen LogP) is 2.31. The number of hydrogen-bond acceptors (Lipinski definition) is 3. The second-order valence-electron chi connectivity index (χ2n) is 3.68. The van der Waals surface area contributed by atoms with Crippen LogP contribution < -0.4 is 10.6 Å². The van der Waals surface area contributed by atoms with Gasteiger partial charge in [0.05, 0.1) is 11.3 Å². The summed E-state index contributed by atoms with van der Waals surface area (Å²) in [5.41, 5.74) is 0.747. The van der Waals surface area contributed by atoms with Crippen LogP contribution in [-0.4, -0.2) is 23.7 Å². The van der Waals surface area contributed by atoms with Crippen molar-refractivity contribution in [1.29, 1.82) is 5.26 Å². The van der Waals surface area contributed by atoms with Crippen LogP contribution in [0.1, 0.15) is 18.4 Å². The molecule has 6 nitrogen and oxygen atoms in total. The first-order chi connectivity index (χ1) is 9.02. The molecule has 7 heteroatoms. The molecular formula is C12H12BrN3O3. The van der Waals surface area contributed by atoms with Gasteiger partial charge in [0.25, 0.3) is 0 Å². The van der Waals surface area contributed by atoms with E-state index in [1.54, 1.807) is 18.2 Å². The molecule has 0 aliphatic heterocycles. The van der Waals surface area contributed by atoms with E-state index in [9.17, 15) is 9.59 Å². The van der Waals surface area contributed by atoms with E-state index in [-0.39, 0.29) is 13.0 Å². The SMILES string of the molecule is N#Cc1ccc(Br)cc1NC(=O)NCCCC(=O)O. The lowest BCUT2D eigenvalue weighted by Crippen LogP contribution is -2.30. The molecule has 0 unspecified atom stereocenters. The molecular weight excluding hydrogens is 314 g/mol. The molecule has 0 bridgehead atoms. The minimum absolute atomic E-state index is 0.000606. The molecule has 0 aliphatic rings. The fourth-order valence-electron chi connectivity index (χ4n) is 1.33. The van der Waals surface area contributed by atoms with Gasteiger partial charge in [-0.2, -0.15) is 5.26 Å². The molecule has 100 valence electrons. The van der Waals surface area contributed by atoms with Crippen LogP contribution in [0.15, 0.2) is 22.7 Å². The molecule has 0 radical (unpaired) electrons. The number of urea groups is 1. The number of nitriles is 1. The molecule has 1 aromatic carbocycles. The first-order valence-electron chi connectivity index (χ1n) is 5.49. The standard InChI is InChI=1S/C12H12BrN3O3/c13-9-4-3-8(7-14)10(6-9)16-12(19)15-5-1-2-11(17)18/h3-4,6H,1-2,5H2,(H,17,18)(H2,15,16,19). The highest BCUT2D eigenvalue weighted by Crippen LogP contribution is 2.20. The number of rotatable bonds is 5. The number of halogens is 1. The molecule has 1 rings (SSSR count). The molecule has 0 aromatic heterocycles. The summed E-state index contributed by atoms with van der Waals surface area (Å²) in [4.78, 5) is 21.8. The van der Waals surface area contributed by atoms with E-state index in [0.717, 1.165) is 4.47 Å². The highest BCUT2D eigenvalue weighted by Gasteiger charge is 2.07. The molecule has 0 heterocycles.